The van der Waals surface area contributed by atoms with Crippen LogP contribution < -0.4 is 10.9 Å². The third-order valence-electron chi connectivity index (χ3n) is 5.00. The van der Waals surface area contributed by atoms with Crippen molar-refractivity contribution in [1.82, 2.24) is 14.9 Å². The number of piperidine rings is 1. The normalized spacial score (nSPS) is 28.9. The minimum absolute atomic E-state index is 0.107. The number of hydrogen-bond acceptors (Lipinski definition) is 4. The summed E-state index contributed by atoms with van der Waals surface area (Å²) < 4.78 is 1.48. The molecule has 1 aromatic heterocycles. The van der Waals surface area contributed by atoms with E-state index in [1.54, 1.807) is 0 Å². The first kappa shape index (κ1) is 14.0. The second-order valence-electron chi connectivity index (χ2n) is 6.12. The van der Waals surface area contributed by atoms with E-state index in [4.69, 9.17) is 11.6 Å². The topological polar surface area (TPSA) is 67.2 Å². The third-order valence-corrected chi connectivity index (χ3v) is 5.21. The summed E-state index contributed by atoms with van der Waals surface area (Å²) >= 11 is 5.72. The minimum atomic E-state index is -0.839. The molecule has 2 heterocycles. The van der Waals surface area contributed by atoms with Crippen molar-refractivity contribution < 1.29 is 5.11 Å². The van der Waals surface area contributed by atoms with E-state index in [0.29, 0.717) is 13.0 Å². The van der Waals surface area contributed by atoms with Crippen LogP contribution in [0.4, 0.5) is 0 Å². The van der Waals surface area contributed by atoms with E-state index in [0.717, 1.165) is 38.8 Å². The molecule has 5 nitrogen and oxygen atoms in total. The van der Waals surface area contributed by atoms with E-state index in [9.17, 15) is 9.90 Å². The van der Waals surface area contributed by atoms with Gasteiger partial charge in [-0.25, -0.2) is 4.98 Å². The standard InChI is InChI=1S/C14H20ClN3O2/c15-11-7-12(19)18(10-17-11)9-14(20)5-6-16-8-13(14)3-1-2-4-13/h7,10,16,20H,1-6,8-9H2/t14-/m1/s1. The van der Waals surface area contributed by atoms with Crippen molar-refractivity contribution in [3.05, 3.63) is 27.9 Å². The van der Waals surface area contributed by atoms with Crippen LogP contribution in [0.25, 0.3) is 0 Å². The first-order valence-electron chi connectivity index (χ1n) is 7.20. The van der Waals surface area contributed by atoms with Gasteiger partial charge in [0.1, 0.15) is 5.15 Å². The summed E-state index contributed by atoms with van der Waals surface area (Å²) in [5.74, 6) is 0. The molecular formula is C14H20ClN3O2. The van der Waals surface area contributed by atoms with Gasteiger partial charge in [0.15, 0.2) is 0 Å². The Balaban J connectivity index is 1.91. The van der Waals surface area contributed by atoms with Crippen molar-refractivity contribution in [1.29, 1.82) is 0 Å². The van der Waals surface area contributed by atoms with Gasteiger partial charge in [-0.3, -0.25) is 9.36 Å². The quantitative estimate of drug-likeness (QED) is 0.805. The molecule has 2 N–H and O–H groups in total. The molecule has 2 aliphatic rings. The van der Waals surface area contributed by atoms with Gasteiger partial charge in [-0.1, -0.05) is 24.4 Å². The summed E-state index contributed by atoms with van der Waals surface area (Å²) in [5.41, 5.74) is -1.15. The fraction of sp³-hybridized carbons (Fsp3) is 0.714. The van der Waals surface area contributed by atoms with Crippen molar-refractivity contribution in [2.24, 2.45) is 5.41 Å². The zero-order valence-electron chi connectivity index (χ0n) is 11.4. The smallest absolute Gasteiger partial charge is 0.254 e. The van der Waals surface area contributed by atoms with Gasteiger partial charge in [-0.05, 0) is 25.8 Å². The number of hydrogen-bond donors (Lipinski definition) is 2. The molecule has 1 aliphatic heterocycles. The maximum Gasteiger partial charge on any atom is 0.254 e. The Hall–Kier alpha value is -0.910. The number of halogens is 1. The van der Waals surface area contributed by atoms with E-state index in [1.165, 1.54) is 17.0 Å². The van der Waals surface area contributed by atoms with Gasteiger partial charge in [0.05, 0.1) is 18.5 Å². The monoisotopic (exact) mass is 297 g/mol. The Morgan fingerprint density at radius 3 is 2.85 bits per heavy atom. The molecule has 0 amide bonds. The fourth-order valence-electron chi connectivity index (χ4n) is 3.80. The molecular weight excluding hydrogens is 278 g/mol. The largest absolute Gasteiger partial charge is 0.387 e. The number of nitrogens with zero attached hydrogens (tertiary/aromatic N) is 2. The van der Waals surface area contributed by atoms with Crippen LogP contribution in [0.3, 0.4) is 0 Å². The second-order valence-corrected chi connectivity index (χ2v) is 6.51. The lowest BCUT2D eigenvalue weighted by atomic mass is 9.66. The van der Waals surface area contributed by atoms with E-state index in [1.807, 2.05) is 0 Å². The Kier molecular flexibility index (Phi) is 3.60. The van der Waals surface area contributed by atoms with Crippen LogP contribution >= 0.6 is 11.6 Å². The van der Waals surface area contributed by atoms with Crippen LogP contribution in [0.1, 0.15) is 32.1 Å². The third kappa shape index (κ3) is 2.28. The predicted molar refractivity (Wildman–Crippen MR) is 76.8 cm³/mol. The zero-order valence-corrected chi connectivity index (χ0v) is 12.2. The van der Waals surface area contributed by atoms with Gasteiger partial charge >= 0.3 is 0 Å². The van der Waals surface area contributed by atoms with Crippen molar-refractivity contribution in [2.45, 2.75) is 44.2 Å². The van der Waals surface area contributed by atoms with Crippen molar-refractivity contribution >= 4 is 11.6 Å². The Morgan fingerprint density at radius 2 is 2.15 bits per heavy atom. The summed E-state index contributed by atoms with van der Waals surface area (Å²) in [6.07, 6.45) is 6.45. The molecule has 3 rings (SSSR count). The van der Waals surface area contributed by atoms with Crippen molar-refractivity contribution in [2.75, 3.05) is 13.1 Å². The number of aliphatic hydroxyl groups is 1. The van der Waals surface area contributed by atoms with Crippen LogP contribution in [0.15, 0.2) is 17.2 Å². The van der Waals surface area contributed by atoms with E-state index in [-0.39, 0.29) is 16.1 Å². The summed E-state index contributed by atoms with van der Waals surface area (Å²) in [5, 5.41) is 14.8. The first-order chi connectivity index (χ1) is 9.55. The number of rotatable bonds is 2. The molecule has 0 aromatic carbocycles. The van der Waals surface area contributed by atoms with Crippen LogP contribution in [0.2, 0.25) is 5.15 Å². The van der Waals surface area contributed by atoms with Crippen molar-refractivity contribution in [3.63, 3.8) is 0 Å². The number of nitrogens with one attached hydrogen (secondary N) is 1. The Morgan fingerprint density at radius 1 is 1.40 bits per heavy atom. The highest BCUT2D eigenvalue weighted by Gasteiger charge is 2.53. The van der Waals surface area contributed by atoms with Crippen LogP contribution in [0.5, 0.6) is 0 Å². The summed E-state index contributed by atoms with van der Waals surface area (Å²) in [7, 11) is 0. The van der Waals surface area contributed by atoms with Gasteiger partial charge in [0, 0.05) is 18.0 Å². The summed E-state index contributed by atoms with van der Waals surface area (Å²) in [6, 6.07) is 1.30. The average molecular weight is 298 g/mol. The molecule has 20 heavy (non-hydrogen) atoms. The van der Waals surface area contributed by atoms with Gasteiger partial charge in [0.2, 0.25) is 0 Å². The number of aromatic nitrogens is 2. The molecule has 1 spiro atoms. The lowest BCUT2D eigenvalue weighted by molar-refractivity contribution is -0.115. The highest BCUT2D eigenvalue weighted by molar-refractivity contribution is 6.29. The highest BCUT2D eigenvalue weighted by atomic mass is 35.5. The summed E-state index contributed by atoms with van der Waals surface area (Å²) in [6.45, 7) is 1.92. The zero-order chi connectivity index (χ0) is 14.2. The van der Waals surface area contributed by atoms with Gasteiger partial charge in [0.25, 0.3) is 5.56 Å². The molecule has 0 unspecified atom stereocenters. The molecule has 0 bridgehead atoms. The molecule has 1 aliphatic carbocycles. The van der Waals surface area contributed by atoms with Gasteiger partial charge < -0.3 is 10.4 Å². The second kappa shape index (κ2) is 5.13. The lowest BCUT2D eigenvalue weighted by Crippen LogP contribution is -2.60. The maximum absolute atomic E-state index is 12.0. The maximum atomic E-state index is 12.0. The Labute approximate surface area is 123 Å². The van der Waals surface area contributed by atoms with Gasteiger partial charge in [-0.15, -0.1) is 0 Å². The molecule has 1 saturated carbocycles. The van der Waals surface area contributed by atoms with E-state index < -0.39 is 5.60 Å². The molecule has 1 saturated heterocycles. The van der Waals surface area contributed by atoms with E-state index in [2.05, 4.69) is 10.3 Å². The SMILES string of the molecule is O=c1cc(Cl)ncn1C[C@]1(O)CCNCC12CCCC2. The molecule has 1 aromatic rings. The van der Waals surface area contributed by atoms with Crippen LogP contribution in [-0.2, 0) is 6.54 Å². The first-order valence-corrected chi connectivity index (χ1v) is 7.58. The molecule has 2 fully saturated rings. The van der Waals surface area contributed by atoms with Crippen LogP contribution in [0, 0.1) is 5.41 Å². The molecule has 1 atom stereocenters. The predicted octanol–water partition coefficient (Wildman–Crippen LogP) is 1.18. The minimum Gasteiger partial charge on any atom is -0.387 e. The Bertz CT molecular complexity index is 554. The average Bonchev–Trinajstić information content (AvgIpc) is 2.87. The van der Waals surface area contributed by atoms with Crippen LogP contribution in [-0.4, -0.2) is 33.3 Å². The molecule has 6 heteroatoms. The molecule has 110 valence electrons. The molecule has 0 radical (unpaired) electrons. The van der Waals surface area contributed by atoms with E-state index >= 15 is 0 Å². The fourth-order valence-corrected chi connectivity index (χ4v) is 3.93. The lowest BCUT2D eigenvalue weighted by Gasteiger charge is -2.49. The van der Waals surface area contributed by atoms with Crippen molar-refractivity contribution in [3.8, 4) is 0 Å². The van der Waals surface area contributed by atoms with Gasteiger partial charge in [-0.2, -0.15) is 0 Å². The summed E-state index contributed by atoms with van der Waals surface area (Å²) in [4.78, 5) is 15.9. The highest BCUT2D eigenvalue weighted by Crippen LogP contribution is 2.49.